The number of likely N-dealkylation sites (N-methyl/N-ethyl adjacent to an activating group) is 1. The number of benzene rings is 2. The van der Waals surface area contributed by atoms with Crippen molar-refractivity contribution in [3.63, 3.8) is 0 Å². The van der Waals surface area contributed by atoms with Crippen LogP contribution in [0.5, 0.6) is 0 Å². The van der Waals surface area contributed by atoms with Gasteiger partial charge in [0, 0.05) is 37.3 Å². The average Bonchev–Trinajstić information content (AvgIpc) is 2.71. The number of nitrogens with zero attached hydrogens (tertiary/aromatic N) is 2. The van der Waals surface area contributed by atoms with Crippen LogP contribution in [0.4, 0.5) is 5.69 Å². The van der Waals surface area contributed by atoms with Crippen molar-refractivity contribution in [2.45, 2.75) is 0 Å². The van der Waals surface area contributed by atoms with Gasteiger partial charge < -0.3 is 15.1 Å². The van der Waals surface area contributed by atoms with E-state index >= 15 is 0 Å². The van der Waals surface area contributed by atoms with Crippen LogP contribution in [0.3, 0.4) is 0 Å². The molecule has 2 aromatic rings. The topological polar surface area (TPSA) is 64.7 Å². The number of nitrogens with one attached hydrogen (secondary N) is 2. The molecule has 0 unspecified atom stereocenters. The number of anilines is 1. The number of carbonyl (C=O) groups is 2. The van der Waals surface area contributed by atoms with Crippen molar-refractivity contribution in [3.8, 4) is 0 Å². The zero-order valence-electron chi connectivity index (χ0n) is 16.0. The second-order valence-electron chi connectivity index (χ2n) is 6.83. The van der Waals surface area contributed by atoms with Crippen LogP contribution in [0.2, 0.25) is 15.1 Å². The summed E-state index contributed by atoms with van der Waals surface area (Å²) in [5.74, 6) is -0.527. The number of carbonyl (C=O) groups excluding carboxylic acids is 2. The highest BCUT2D eigenvalue weighted by molar-refractivity contribution is 7.80. The van der Waals surface area contributed by atoms with Crippen LogP contribution in [-0.2, 0) is 0 Å². The molecule has 2 amide bonds. The number of rotatable bonds is 3. The Bertz CT molecular complexity index is 994. The van der Waals surface area contributed by atoms with Crippen LogP contribution in [0.25, 0.3) is 0 Å². The molecule has 0 bridgehead atoms. The normalized spacial score (nSPS) is 14.3. The lowest BCUT2D eigenvalue weighted by Gasteiger charge is -2.32. The highest BCUT2D eigenvalue weighted by Gasteiger charge is 2.21. The summed E-state index contributed by atoms with van der Waals surface area (Å²) in [5, 5.41) is 6.45. The van der Waals surface area contributed by atoms with Gasteiger partial charge in [0.15, 0.2) is 5.11 Å². The van der Waals surface area contributed by atoms with Crippen molar-refractivity contribution in [2.24, 2.45) is 0 Å². The largest absolute Gasteiger partial charge is 0.336 e. The van der Waals surface area contributed by atoms with Crippen molar-refractivity contribution in [1.82, 2.24) is 15.1 Å². The van der Waals surface area contributed by atoms with E-state index < -0.39 is 5.91 Å². The molecule has 0 radical (unpaired) electrons. The van der Waals surface area contributed by atoms with E-state index in [1.165, 1.54) is 18.2 Å². The van der Waals surface area contributed by atoms with Gasteiger partial charge >= 0.3 is 0 Å². The van der Waals surface area contributed by atoms with Gasteiger partial charge in [-0.25, -0.2) is 0 Å². The quantitative estimate of drug-likeness (QED) is 0.639. The molecule has 2 N–H and O–H groups in total. The van der Waals surface area contributed by atoms with Gasteiger partial charge in [0.25, 0.3) is 11.8 Å². The number of amides is 2. The molecule has 1 aliphatic heterocycles. The van der Waals surface area contributed by atoms with Crippen molar-refractivity contribution >= 4 is 69.6 Å². The van der Waals surface area contributed by atoms with E-state index in [-0.39, 0.29) is 16.0 Å². The summed E-state index contributed by atoms with van der Waals surface area (Å²) >= 11 is 23.3. The lowest BCUT2D eigenvalue weighted by atomic mass is 10.1. The van der Waals surface area contributed by atoms with Crippen molar-refractivity contribution in [2.75, 3.05) is 38.5 Å². The molecule has 1 saturated heterocycles. The van der Waals surface area contributed by atoms with Crippen LogP contribution in [0.15, 0.2) is 36.4 Å². The maximum absolute atomic E-state index is 12.8. The van der Waals surface area contributed by atoms with Gasteiger partial charge in [0.05, 0.1) is 20.8 Å². The first kappa shape index (κ1) is 22.8. The van der Waals surface area contributed by atoms with Crippen molar-refractivity contribution in [3.05, 3.63) is 62.6 Å². The fraction of sp³-hybridized carbons (Fsp3) is 0.250. The molecule has 1 fully saturated rings. The van der Waals surface area contributed by atoms with E-state index in [1.807, 2.05) is 7.05 Å². The highest BCUT2D eigenvalue weighted by Crippen LogP contribution is 2.25. The van der Waals surface area contributed by atoms with E-state index in [2.05, 4.69) is 15.5 Å². The van der Waals surface area contributed by atoms with Gasteiger partial charge in [-0.15, -0.1) is 0 Å². The third-order valence-corrected chi connectivity index (χ3v) is 5.93. The minimum absolute atomic E-state index is 0.0390. The minimum atomic E-state index is -0.452. The smallest absolute Gasteiger partial charge is 0.257 e. The Balaban J connectivity index is 1.67. The monoisotopic (exact) mass is 484 g/mol. The van der Waals surface area contributed by atoms with Crippen molar-refractivity contribution in [1.29, 1.82) is 0 Å². The van der Waals surface area contributed by atoms with Gasteiger partial charge in [-0.2, -0.15) is 0 Å². The number of thiocarbonyl (C=S) groups is 1. The van der Waals surface area contributed by atoms with E-state index in [0.717, 1.165) is 13.1 Å². The summed E-state index contributed by atoms with van der Waals surface area (Å²) in [5.41, 5.74) is 1.22. The fourth-order valence-electron chi connectivity index (χ4n) is 2.91. The Kier molecular flexibility index (Phi) is 7.55. The molecule has 1 heterocycles. The summed E-state index contributed by atoms with van der Waals surface area (Å²) in [6, 6.07) is 9.43. The Morgan fingerprint density at radius 1 is 0.900 bits per heavy atom. The van der Waals surface area contributed by atoms with Crippen LogP contribution >= 0.6 is 47.0 Å². The second kappa shape index (κ2) is 9.94. The molecule has 30 heavy (non-hydrogen) atoms. The molecule has 3 rings (SSSR count). The predicted octanol–water partition coefficient (Wildman–Crippen LogP) is 4.16. The van der Waals surface area contributed by atoms with Gasteiger partial charge in [-0.05, 0) is 55.7 Å². The maximum Gasteiger partial charge on any atom is 0.257 e. The molecular weight excluding hydrogens is 467 g/mol. The molecule has 6 nitrogen and oxygen atoms in total. The molecule has 0 saturated carbocycles. The maximum atomic E-state index is 12.8. The van der Waals surface area contributed by atoms with Gasteiger partial charge in [0.1, 0.15) is 0 Å². The van der Waals surface area contributed by atoms with Gasteiger partial charge in [0.2, 0.25) is 0 Å². The third-order valence-electron chi connectivity index (χ3n) is 4.66. The van der Waals surface area contributed by atoms with E-state index in [1.54, 1.807) is 23.1 Å². The zero-order valence-corrected chi connectivity index (χ0v) is 19.1. The minimum Gasteiger partial charge on any atom is -0.336 e. The number of piperazine rings is 1. The summed E-state index contributed by atoms with van der Waals surface area (Å²) in [4.78, 5) is 29.1. The summed E-state index contributed by atoms with van der Waals surface area (Å²) in [7, 11) is 2.03. The molecule has 0 atom stereocenters. The molecule has 10 heteroatoms. The third kappa shape index (κ3) is 5.62. The molecule has 0 aromatic heterocycles. The SMILES string of the molecule is CN1CCN(C(=O)c2ccc(Cl)c(NC(=S)NC(=O)c3ccc(Cl)c(Cl)c3)c2)CC1. The average molecular weight is 486 g/mol. The molecule has 0 spiro atoms. The standard InChI is InChI=1S/C20H19Cl3N4O2S/c1-26-6-8-27(9-7-26)19(29)13-3-5-15(22)17(11-13)24-20(30)25-18(28)12-2-4-14(21)16(23)10-12/h2-5,10-11H,6-9H2,1H3,(H2,24,25,28,30). The fourth-order valence-corrected chi connectivity index (χ4v) is 3.58. The zero-order chi connectivity index (χ0) is 21.8. The predicted molar refractivity (Wildman–Crippen MR) is 125 cm³/mol. The molecule has 2 aromatic carbocycles. The van der Waals surface area contributed by atoms with Crippen LogP contribution < -0.4 is 10.6 Å². The highest BCUT2D eigenvalue weighted by atomic mass is 35.5. The number of hydrogen-bond donors (Lipinski definition) is 2. The van der Waals surface area contributed by atoms with Gasteiger partial charge in [-0.3, -0.25) is 14.9 Å². The van der Waals surface area contributed by atoms with Gasteiger partial charge in [-0.1, -0.05) is 34.8 Å². The van der Waals surface area contributed by atoms with E-state index in [0.29, 0.717) is 39.9 Å². The van der Waals surface area contributed by atoms with E-state index in [9.17, 15) is 9.59 Å². The van der Waals surface area contributed by atoms with Crippen LogP contribution in [0, 0.1) is 0 Å². The van der Waals surface area contributed by atoms with Crippen LogP contribution in [-0.4, -0.2) is 60.0 Å². The Morgan fingerprint density at radius 3 is 2.20 bits per heavy atom. The Morgan fingerprint density at radius 2 is 1.53 bits per heavy atom. The molecular formula is C20H19Cl3N4O2S. The first-order valence-electron chi connectivity index (χ1n) is 9.09. The first-order chi connectivity index (χ1) is 14.2. The Hall–Kier alpha value is -1.90. The lowest BCUT2D eigenvalue weighted by molar-refractivity contribution is 0.0664. The second-order valence-corrected chi connectivity index (χ2v) is 8.46. The molecule has 1 aliphatic rings. The summed E-state index contributed by atoms with van der Waals surface area (Å²) < 4.78 is 0. The summed E-state index contributed by atoms with van der Waals surface area (Å²) in [6.45, 7) is 2.99. The number of hydrogen-bond acceptors (Lipinski definition) is 4. The van der Waals surface area contributed by atoms with Crippen LogP contribution in [0.1, 0.15) is 20.7 Å². The Labute approximate surface area is 195 Å². The first-order valence-corrected chi connectivity index (χ1v) is 10.6. The number of halogens is 3. The lowest BCUT2D eigenvalue weighted by Crippen LogP contribution is -2.47. The summed E-state index contributed by atoms with van der Waals surface area (Å²) in [6.07, 6.45) is 0. The van der Waals surface area contributed by atoms with E-state index in [4.69, 9.17) is 47.0 Å². The molecule has 158 valence electrons. The van der Waals surface area contributed by atoms with Crippen molar-refractivity contribution < 1.29 is 9.59 Å². The molecule has 0 aliphatic carbocycles.